The number of aliphatic carboxylic acids is 1. The van der Waals surface area contributed by atoms with Crippen molar-refractivity contribution in [2.45, 2.75) is 18.6 Å². The van der Waals surface area contributed by atoms with Crippen LogP contribution in [-0.4, -0.2) is 40.5 Å². The van der Waals surface area contributed by atoms with Crippen LogP contribution in [0.15, 0.2) is 18.2 Å². The van der Waals surface area contributed by atoms with Gasteiger partial charge < -0.3 is 20.1 Å². The fraction of sp³-hybridized carbons (Fsp3) is 0.333. The van der Waals surface area contributed by atoms with Crippen molar-refractivity contribution in [1.29, 1.82) is 0 Å². The third-order valence-corrected chi connectivity index (χ3v) is 2.74. The summed E-state index contributed by atoms with van der Waals surface area (Å²) >= 11 is 5.75. The van der Waals surface area contributed by atoms with Gasteiger partial charge in [0.2, 0.25) is 0 Å². The lowest BCUT2D eigenvalue weighted by atomic mass is 9.96. The summed E-state index contributed by atoms with van der Waals surface area (Å²) in [6.45, 7) is 0. The molecule has 0 spiro atoms. The average molecular weight is 289 g/mol. The minimum Gasteiger partial charge on any atom is -0.481 e. The first kappa shape index (κ1) is 15.4. The van der Waals surface area contributed by atoms with Gasteiger partial charge in [0.25, 0.3) is 0 Å². The number of ether oxygens (including phenoxy) is 1. The minimum atomic E-state index is -1.79. The molecule has 2 unspecified atom stereocenters. The number of hydrogen-bond donors (Lipinski definition) is 3. The van der Waals surface area contributed by atoms with Gasteiger partial charge >= 0.3 is 11.9 Å². The highest BCUT2D eigenvalue weighted by Gasteiger charge is 2.28. The zero-order valence-corrected chi connectivity index (χ0v) is 10.8. The van der Waals surface area contributed by atoms with Crippen molar-refractivity contribution < 1.29 is 29.6 Å². The monoisotopic (exact) mass is 288 g/mol. The van der Waals surface area contributed by atoms with Crippen LogP contribution in [0.2, 0.25) is 5.02 Å². The van der Waals surface area contributed by atoms with Crippen LogP contribution in [0.5, 0.6) is 0 Å². The molecule has 1 aromatic carbocycles. The molecule has 0 saturated heterocycles. The maximum atomic E-state index is 11.2. The SMILES string of the molecule is COC(=O)C(O)C(O)c1ccc(Cl)cc1CC(=O)O. The van der Waals surface area contributed by atoms with Gasteiger partial charge in [-0.3, -0.25) is 4.79 Å². The smallest absolute Gasteiger partial charge is 0.337 e. The van der Waals surface area contributed by atoms with E-state index < -0.39 is 24.1 Å². The number of esters is 1. The average Bonchev–Trinajstić information content (AvgIpc) is 2.35. The molecule has 0 heterocycles. The first-order valence-corrected chi connectivity index (χ1v) is 5.68. The van der Waals surface area contributed by atoms with Crippen LogP contribution < -0.4 is 0 Å². The van der Waals surface area contributed by atoms with Gasteiger partial charge in [-0.1, -0.05) is 17.7 Å². The highest BCUT2D eigenvalue weighted by molar-refractivity contribution is 6.30. The summed E-state index contributed by atoms with van der Waals surface area (Å²) in [6, 6.07) is 4.14. The summed E-state index contributed by atoms with van der Waals surface area (Å²) in [7, 11) is 1.07. The molecule has 104 valence electrons. The molecule has 7 heteroatoms. The van der Waals surface area contributed by atoms with E-state index in [0.29, 0.717) is 5.02 Å². The topological polar surface area (TPSA) is 104 Å². The summed E-state index contributed by atoms with van der Waals surface area (Å²) in [6.07, 6.45) is -3.77. The number of carbonyl (C=O) groups excluding carboxylic acids is 1. The number of carboxylic acids is 1. The largest absolute Gasteiger partial charge is 0.481 e. The Bertz CT molecular complexity index is 487. The second kappa shape index (κ2) is 6.51. The predicted octanol–water partition coefficient (Wildman–Crippen LogP) is 0.534. The quantitative estimate of drug-likeness (QED) is 0.683. The van der Waals surface area contributed by atoms with Gasteiger partial charge in [-0.05, 0) is 23.3 Å². The third-order valence-electron chi connectivity index (χ3n) is 2.51. The van der Waals surface area contributed by atoms with Crippen molar-refractivity contribution in [2.75, 3.05) is 7.11 Å². The lowest BCUT2D eigenvalue weighted by Crippen LogP contribution is -2.29. The maximum Gasteiger partial charge on any atom is 0.337 e. The molecule has 0 aromatic heterocycles. The van der Waals surface area contributed by atoms with Gasteiger partial charge in [0.05, 0.1) is 13.5 Å². The Kier molecular flexibility index (Phi) is 5.29. The number of aliphatic hydroxyl groups is 2. The first-order valence-electron chi connectivity index (χ1n) is 5.31. The summed E-state index contributed by atoms with van der Waals surface area (Å²) in [4.78, 5) is 21.9. The highest BCUT2D eigenvalue weighted by atomic mass is 35.5. The Hall–Kier alpha value is -1.63. The summed E-state index contributed by atoms with van der Waals surface area (Å²) in [5, 5.41) is 28.5. The van der Waals surface area contributed by atoms with E-state index in [-0.39, 0.29) is 17.5 Å². The molecule has 0 amide bonds. The Morgan fingerprint density at radius 3 is 2.53 bits per heavy atom. The lowest BCUT2D eigenvalue weighted by molar-refractivity contribution is -0.156. The Labute approximate surface area is 114 Å². The molecule has 2 atom stereocenters. The zero-order valence-electron chi connectivity index (χ0n) is 10.0. The second-order valence-electron chi connectivity index (χ2n) is 3.83. The van der Waals surface area contributed by atoms with Crippen LogP contribution in [0, 0.1) is 0 Å². The van der Waals surface area contributed by atoms with Crippen LogP contribution in [-0.2, 0) is 20.7 Å². The van der Waals surface area contributed by atoms with Gasteiger partial charge in [-0.2, -0.15) is 0 Å². The molecule has 0 saturated carbocycles. The first-order chi connectivity index (χ1) is 8.86. The van der Waals surface area contributed by atoms with Gasteiger partial charge in [0, 0.05) is 5.02 Å². The molecule has 0 aliphatic rings. The van der Waals surface area contributed by atoms with Gasteiger partial charge in [-0.15, -0.1) is 0 Å². The van der Waals surface area contributed by atoms with Gasteiger partial charge in [0.15, 0.2) is 6.10 Å². The van der Waals surface area contributed by atoms with Crippen LogP contribution in [0.3, 0.4) is 0 Å². The Morgan fingerprint density at radius 2 is 2.00 bits per heavy atom. The normalized spacial score (nSPS) is 13.7. The molecule has 0 bridgehead atoms. The summed E-state index contributed by atoms with van der Waals surface area (Å²) in [5.41, 5.74) is 0.333. The van der Waals surface area contributed by atoms with E-state index in [1.165, 1.54) is 18.2 Å². The fourth-order valence-electron chi connectivity index (χ4n) is 1.60. The molecule has 6 nitrogen and oxygen atoms in total. The molecule has 0 aliphatic carbocycles. The Balaban J connectivity index is 3.11. The molecule has 0 fully saturated rings. The van der Waals surface area contributed by atoms with Crippen molar-refractivity contribution in [3.63, 3.8) is 0 Å². The number of rotatable bonds is 5. The second-order valence-corrected chi connectivity index (χ2v) is 4.26. The molecule has 0 radical (unpaired) electrons. The van der Waals surface area contributed by atoms with E-state index >= 15 is 0 Å². The number of methoxy groups -OCH3 is 1. The molecular formula is C12H13ClO6. The van der Waals surface area contributed by atoms with Crippen LogP contribution in [0.25, 0.3) is 0 Å². The van der Waals surface area contributed by atoms with Crippen molar-refractivity contribution in [2.24, 2.45) is 0 Å². The fourth-order valence-corrected chi connectivity index (χ4v) is 1.79. The standard InChI is InChI=1S/C12H13ClO6/c1-19-12(18)11(17)10(16)8-3-2-7(13)4-6(8)5-9(14)15/h2-4,10-11,16-17H,5H2,1H3,(H,14,15). The van der Waals surface area contributed by atoms with Gasteiger partial charge in [-0.25, -0.2) is 4.79 Å². The van der Waals surface area contributed by atoms with E-state index in [4.69, 9.17) is 16.7 Å². The molecule has 0 aliphatic heterocycles. The van der Waals surface area contributed by atoms with Crippen molar-refractivity contribution in [3.05, 3.63) is 34.3 Å². The lowest BCUT2D eigenvalue weighted by Gasteiger charge is -2.18. The molecule has 1 aromatic rings. The number of halogens is 1. The Morgan fingerprint density at radius 1 is 1.37 bits per heavy atom. The van der Waals surface area contributed by atoms with Crippen LogP contribution in [0.4, 0.5) is 0 Å². The number of carbonyl (C=O) groups is 2. The van der Waals surface area contributed by atoms with E-state index in [0.717, 1.165) is 7.11 Å². The summed E-state index contributed by atoms with van der Waals surface area (Å²) in [5.74, 6) is -2.13. The predicted molar refractivity (Wildman–Crippen MR) is 65.8 cm³/mol. The van der Waals surface area contributed by atoms with Crippen molar-refractivity contribution in [1.82, 2.24) is 0 Å². The van der Waals surface area contributed by atoms with E-state index in [2.05, 4.69) is 4.74 Å². The summed E-state index contributed by atoms with van der Waals surface area (Å²) < 4.78 is 4.31. The van der Waals surface area contributed by atoms with E-state index in [1.807, 2.05) is 0 Å². The number of carboxylic acid groups (broad SMARTS) is 1. The minimum absolute atomic E-state index is 0.115. The van der Waals surface area contributed by atoms with Crippen molar-refractivity contribution in [3.8, 4) is 0 Å². The molecule has 1 rings (SSSR count). The number of aliphatic hydroxyl groups excluding tert-OH is 2. The zero-order chi connectivity index (χ0) is 14.6. The highest BCUT2D eigenvalue weighted by Crippen LogP contribution is 2.25. The third kappa shape index (κ3) is 3.92. The van der Waals surface area contributed by atoms with E-state index in [1.54, 1.807) is 0 Å². The number of benzene rings is 1. The van der Waals surface area contributed by atoms with E-state index in [9.17, 15) is 19.8 Å². The van der Waals surface area contributed by atoms with Crippen LogP contribution in [0.1, 0.15) is 17.2 Å². The maximum absolute atomic E-state index is 11.2. The van der Waals surface area contributed by atoms with Crippen LogP contribution >= 0.6 is 11.6 Å². The molecular weight excluding hydrogens is 276 g/mol. The van der Waals surface area contributed by atoms with Gasteiger partial charge in [0.1, 0.15) is 6.10 Å². The molecule has 19 heavy (non-hydrogen) atoms. The molecule has 3 N–H and O–H groups in total. The number of hydrogen-bond acceptors (Lipinski definition) is 5. The van der Waals surface area contributed by atoms with Crippen molar-refractivity contribution >= 4 is 23.5 Å².